The molecule has 4 aromatic rings. The van der Waals surface area contributed by atoms with Crippen LogP contribution >= 0.6 is 34.5 Å². The third-order valence-corrected chi connectivity index (χ3v) is 8.60. The lowest BCUT2D eigenvalue weighted by atomic mass is 9.94. The van der Waals surface area contributed by atoms with E-state index < -0.39 is 17.5 Å². The number of rotatable bonds is 7. The van der Waals surface area contributed by atoms with Crippen molar-refractivity contribution in [1.82, 2.24) is 10.1 Å². The maximum Gasteiger partial charge on any atom is 0.335 e. The maximum atomic E-state index is 15.9. The number of anilines is 1. The van der Waals surface area contributed by atoms with Gasteiger partial charge in [0.1, 0.15) is 17.8 Å². The summed E-state index contributed by atoms with van der Waals surface area (Å²) in [6.45, 7) is 0.484. The van der Waals surface area contributed by atoms with E-state index in [1.54, 1.807) is 18.2 Å². The van der Waals surface area contributed by atoms with Crippen molar-refractivity contribution in [2.45, 2.75) is 37.3 Å². The predicted molar refractivity (Wildman–Crippen MR) is 141 cm³/mol. The SMILES string of the molecule is O=C(O)c1cc(F)c2nc(N3CCC(F)(COc4c(-c5c(Cl)cccc5Cl)noc4C4CC4)CC3)sc2c1. The topological polar surface area (TPSA) is 88.7 Å². The molecule has 7 nitrogen and oxygen atoms in total. The Morgan fingerprint density at radius 1 is 1.24 bits per heavy atom. The van der Waals surface area contributed by atoms with Gasteiger partial charge < -0.3 is 19.3 Å². The minimum atomic E-state index is -1.62. The van der Waals surface area contributed by atoms with Crippen LogP contribution in [-0.4, -0.2) is 46.6 Å². The molecule has 1 saturated carbocycles. The number of piperidine rings is 1. The van der Waals surface area contributed by atoms with Crippen LogP contribution in [0.2, 0.25) is 10.0 Å². The molecule has 6 rings (SSSR count). The van der Waals surface area contributed by atoms with Crippen LogP contribution < -0.4 is 9.64 Å². The molecule has 3 heterocycles. The smallest absolute Gasteiger partial charge is 0.335 e. The molecule has 12 heteroatoms. The summed E-state index contributed by atoms with van der Waals surface area (Å²) in [6.07, 6.45) is 2.21. The number of carbonyl (C=O) groups is 1. The molecule has 0 unspecified atom stereocenters. The van der Waals surface area contributed by atoms with Gasteiger partial charge in [-0.2, -0.15) is 0 Å². The summed E-state index contributed by atoms with van der Waals surface area (Å²) in [5, 5.41) is 14.7. The van der Waals surface area contributed by atoms with Crippen LogP contribution in [0.25, 0.3) is 21.5 Å². The largest absolute Gasteiger partial charge is 0.484 e. The van der Waals surface area contributed by atoms with Crippen LogP contribution in [0.4, 0.5) is 13.9 Å². The Hall–Kier alpha value is -2.95. The fraction of sp³-hybridized carbons (Fsp3) is 0.346. The quantitative estimate of drug-likeness (QED) is 0.244. The van der Waals surface area contributed by atoms with Crippen molar-refractivity contribution < 1.29 is 27.9 Å². The Bertz CT molecular complexity index is 1530. The first-order valence-corrected chi connectivity index (χ1v) is 13.6. The molecule has 1 aliphatic heterocycles. The number of carboxylic acid groups (broad SMARTS) is 1. The summed E-state index contributed by atoms with van der Waals surface area (Å²) in [5.74, 6) is -0.779. The molecular formula is C26H21Cl2F2N3O4S. The van der Waals surface area contributed by atoms with E-state index in [-0.39, 0.29) is 36.4 Å². The number of aromatic carboxylic acids is 1. The molecule has 38 heavy (non-hydrogen) atoms. The van der Waals surface area contributed by atoms with Crippen LogP contribution in [0.5, 0.6) is 5.75 Å². The average Bonchev–Trinajstić information content (AvgIpc) is 3.49. The maximum absolute atomic E-state index is 15.9. The molecule has 0 spiro atoms. The molecule has 2 fully saturated rings. The van der Waals surface area contributed by atoms with Crippen LogP contribution in [-0.2, 0) is 0 Å². The zero-order valence-electron chi connectivity index (χ0n) is 19.8. The number of aromatic nitrogens is 2. The summed E-state index contributed by atoms with van der Waals surface area (Å²) in [5.41, 5.74) is -0.796. The van der Waals surface area contributed by atoms with Crippen LogP contribution in [0.15, 0.2) is 34.9 Å². The van der Waals surface area contributed by atoms with Gasteiger partial charge >= 0.3 is 5.97 Å². The van der Waals surface area contributed by atoms with Crippen LogP contribution in [0, 0.1) is 5.82 Å². The standard InChI is InChI=1S/C26H21Cl2F2N3O4S/c27-15-2-1-3-16(28)19(15)21-23(22(37-32-21)13-4-5-13)36-12-26(30)6-8-33(9-7-26)25-31-20-17(29)10-14(24(34)35)11-18(20)38-25/h1-3,10-11,13H,4-9,12H2,(H,34,35). The highest BCUT2D eigenvalue weighted by molar-refractivity contribution is 7.22. The van der Waals surface area contributed by atoms with Crippen molar-refractivity contribution in [3.63, 3.8) is 0 Å². The minimum absolute atomic E-state index is 0.112. The average molecular weight is 580 g/mol. The molecule has 0 amide bonds. The highest BCUT2D eigenvalue weighted by atomic mass is 35.5. The number of halogens is 4. The number of hydrogen-bond acceptors (Lipinski definition) is 7. The lowest BCUT2D eigenvalue weighted by Gasteiger charge is -2.36. The number of benzene rings is 2. The monoisotopic (exact) mass is 579 g/mol. The van der Waals surface area contributed by atoms with E-state index in [9.17, 15) is 14.3 Å². The number of nitrogens with zero attached hydrogens (tertiary/aromatic N) is 3. The highest BCUT2D eigenvalue weighted by Crippen LogP contribution is 2.50. The number of carboxylic acids is 1. The van der Waals surface area contributed by atoms with Gasteiger partial charge in [0.25, 0.3) is 0 Å². The van der Waals surface area contributed by atoms with Gasteiger partial charge in [0.15, 0.2) is 28.2 Å². The minimum Gasteiger partial charge on any atom is -0.484 e. The Morgan fingerprint density at radius 3 is 2.61 bits per heavy atom. The molecule has 198 valence electrons. The fourth-order valence-electron chi connectivity index (χ4n) is 4.60. The second-order valence-corrected chi connectivity index (χ2v) is 11.5. The molecule has 2 aromatic heterocycles. The van der Waals surface area contributed by atoms with Crippen molar-refractivity contribution in [3.8, 4) is 17.0 Å². The third-order valence-electron chi connectivity index (χ3n) is 6.91. The summed E-state index contributed by atoms with van der Waals surface area (Å²) in [6, 6.07) is 7.48. The number of fused-ring (bicyclic) bond motifs is 1. The van der Waals surface area contributed by atoms with E-state index >= 15 is 4.39 Å². The lowest BCUT2D eigenvalue weighted by Crippen LogP contribution is -2.45. The molecule has 2 aliphatic rings. The van der Waals surface area contributed by atoms with Crippen molar-refractivity contribution in [3.05, 3.63) is 57.5 Å². The second kappa shape index (κ2) is 9.66. The molecule has 2 aromatic carbocycles. The fourth-order valence-corrected chi connectivity index (χ4v) is 6.25. The van der Waals surface area contributed by atoms with Crippen molar-refractivity contribution in [1.29, 1.82) is 0 Å². The van der Waals surface area contributed by atoms with Gasteiger partial charge in [-0.15, -0.1) is 0 Å². The molecule has 1 saturated heterocycles. The first kappa shape index (κ1) is 25.3. The second-order valence-electron chi connectivity index (χ2n) is 9.63. The van der Waals surface area contributed by atoms with Gasteiger partial charge in [0, 0.05) is 37.4 Å². The molecule has 1 N–H and O–H groups in total. The van der Waals surface area contributed by atoms with Gasteiger partial charge in [-0.25, -0.2) is 18.6 Å². The summed E-state index contributed by atoms with van der Waals surface area (Å²) < 4.78 is 42.4. The van der Waals surface area contributed by atoms with Gasteiger partial charge in [-0.1, -0.05) is 45.8 Å². The molecular weight excluding hydrogens is 559 g/mol. The van der Waals surface area contributed by atoms with E-state index in [1.807, 2.05) is 4.90 Å². The van der Waals surface area contributed by atoms with Gasteiger partial charge in [0.2, 0.25) is 0 Å². The van der Waals surface area contributed by atoms with Crippen molar-refractivity contribution >= 4 is 55.9 Å². The first-order valence-electron chi connectivity index (χ1n) is 12.1. The third kappa shape index (κ3) is 4.69. The molecule has 0 atom stereocenters. The van der Waals surface area contributed by atoms with Gasteiger partial charge in [-0.05, 0) is 37.1 Å². The Balaban J connectivity index is 1.18. The van der Waals surface area contributed by atoms with E-state index in [0.717, 1.165) is 18.9 Å². The molecule has 1 aliphatic carbocycles. The zero-order valence-corrected chi connectivity index (χ0v) is 22.2. The Morgan fingerprint density at radius 2 is 1.95 bits per heavy atom. The van der Waals surface area contributed by atoms with Gasteiger partial charge in [-0.3, -0.25) is 0 Å². The number of ether oxygens (including phenoxy) is 1. The summed E-state index contributed by atoms with van der Waals surface area (Å²) in [4.78, 5) is 17.5. The van der Waals surface area contributed by atoms with E-state index in [4.69, 9.17) is 32.5 Å². The predicted octanol–water partition coefficient (Wildman–Crippen LogP) is 7.36. The van der Waals surface area contributed by atoms with Crippen molar-refractivity contribution in [2.75, 3.05) is 24.6 Å². The highest BCUT2D eigenvalue weighted by Gasteiger charge is 2.39. The number of thiazole rings is 1. The van der Waals surface area contributed by atoms with Crippen LogP contribution in [0.3, 0.4) is 0 Å². The molecule has 0 radical (unpaired) electrons. The first-order chi connectivity index (χ1) is 18.2. The normalized spacial score (nSPS) is 17.2. The number of hydrogen-bond donors (Lipinski definition) is 1. The van der Waals surface area contributed by atoms with Crippen molar-refractivity contribution in [2.24, 2.45) is 0 Å². The molecule has 0 bridgehead atoms. The zero-order chi connectivity index (χ0) is 26.6. The van der Waals surface area contributed by atoms with Crippen LogP contribution in [0.1, 0.15) is 47.7 Å². The van der Waals surface area contributed by atoms with E-state index in [1.165, 1.54) is 17.4 Å². The van der Waals surface area contributed by atoms with Gasteiger partial charge in [0.05, 0.1) is 20.3 Å². The lowest BCUT2D eigenvalue weighted by molar-refractivity contribution is 0.0592. The number of alkyl halides is 1. The van der Waals surface area contributed by atoms with E-state index in [0.29, 0.717) is 55.7 Å². The Kier molecular flexibility index (Phi) is 6.44. The summed E-state index contributed by atoms with van der Waals surface area (Å²) >= 11 is 14.0. The summed E-state index contributed by atoms with van der Waals surface area (Å²) in [7, 11) is 0. The Labute approximate surface area is 229 Å². The van der Waals surface area contributed by atoms with E-state index in [2.05, 4.69) is 10.1 Å².